The summed E-state index contributed by atoms with van der Waals surface area (Å²) in [6, 6.07) is 1.35. The van der Waals surface area contributed by atoms with Crippen LogP contribution in [0.2, 0.25) is 0 Å². The van der Waals surface area contributed by atoms with E-state index in [-0.39, 0.29) is 0 Å². The molecule has 1 N–H and O–H groups in total. The van der Waals surface area contributed by atoms with Crippen molar-refractivity contribution in [1.29, 1.82) is 0 Å². The van der Waals surface area contributed by atoms with E-state index in [0.717, 1.165) is 56.7 Å². The molecule has 3 heteroatoms. The molecule has 1 amide bonds. The Kier molecular flexibility index (Phi) is 4.88. The van der Waals surface area contributed by atoms with E-state index in [1.54, 1.807) is 0 Å². The van der Waals surface area contributed by atoms with Gasteiger partial charge in [-0.2, -0.15) is 0 Å². The number of nitrogens with zero attached hydrogens (tertiary/aromatic N) is 1. The number of amides is 1. The average molecular weight is 292 g/mol. The lowest BCUT2D eigenvalue weighted by atomic mass is 9.77. The molecule has 1 aliphatic heterocycles. The zero-order valence-corrected chi connectivity index (χ0v) is 13.8. The van der Waals surface area contributed by atoms with Crippen molar-refractivity contribution in [2.75, 3.05) is 13.1 Å². The molecule has 0 radical (unpaired) electrons. The molecule has 1 saturated heterocycles. The van der Waals surface area contributed by atoms with Crippen LogP contribution < -0.4 is 5.32 Å². The molecule has 0 aromatic heterocycles. The van der Waals surface area contributed by atoms with Gasteiger partial charge >= 0.3 is 0 Å². The summed E-state index contributed by atoms with van der Waals surface area (Å²) in [4.78, 5) is 14.2. The Morgan fingerprint density at radius 2 is 1.67 bits per heavy atom. The molecule has 3 rings (SSSR count). The third kappa shape index (κ3) is 3.80. The van der Waals surface area contributed by atoms with Crippen molar-refractivity contribution in [3.05, 3.63) is 0 Å². The molecule has 0 aromatic carbocycles. The van der Waals surface area contributed by atoms with Gasteiger partial charge in [0.1, 0.15) is 0 Å². The standard InChI is InChI=1S/C18H32N2O/c1-13(2)16-5-3-4-6-17(16)19-15-9-11-20(12-10-15)18(21)14-7-8-14/h13-17,19H,3-12H2,1-2H3. The Hall–Kier alpha value is -0.570. The van der Waals surface area contributed by atoms with E-state index in [9.17, 15) is 4.79 Å². The molecule has 2 unspecified atom stereocenters. The first-order valence-corrected chi connectivity index (χ1v) is 9.20. The average Bonchev–Trinajstić information content (AvgIpc) is 3.32. The Bertz CT molecular complexity index is 356. The van der Waals surface area contributed by atoms with Crippen LogP contribution in [-0.4, -0.2) is 36.0 Å². The minimum Gasteiger partial charge on any atom is -0.342 e. The topological polar surface area (TPSA) is 32.3 Å². The van der Waals surface area contributed by atoms with E-state index in [1.165, 1.54) is 25.7 Å². The van der Waals surface area contributed by atoms with Crippen LogP contribution in [0.25, 0.3) is 0 Å². The van der Waals surface area contributed by atoms with Gasteiger partial charge in [-0.1, -0.05) is 26.7 Å². The number of likely N-dealkylation sites (tertiary alicyclic amines) is 1. The highest BCUT2D eigenvalue weighted by Crippen LogP contribution is 2.33. The van der Waals surface area contributed by atoms with E-state index in [1.807, 2.05) is 0 Å². The van der Waals surface area contributed by atoms with Crippen LogP contribution in [0.3, 0.4) is 0 Å². The van der Waals surface area contributed by atoms with E-state index in [0.29, 0.717) is 17.9 Å². The van der Waals surface area contributed by atoms with Crippen LogP contribution in [0.1, 0.15) is 65.2 Å². The Morgan fingerprint density at radius 3 is 2.29 bits per heavy atom. The molecule has 2 aliphatic carbocycles. The van der Waals surface area contributed by atoms with Crippen molar-refractivity contribution in [1.82, 2.24) is 10.2 Å². The Balaban J connectivity index is 1.46. The summed E-state index contributed by atoms with van der Waals surface area (Å²) in [5.74, 6) is 2.47. The SMILES string of the molecule is CC(C)C1CCCCC1NC1CCN(C(=O)C2CC2)CC1. The Morgan fingerprint density at radius 1 is 1.00 bits per heavy atom. The van der Waals surface area contributed by atoms with Crippen LogP contribution in [0.15, 0.2) is 0 Å². The first-order chi connectivity index (χ1) is 10.1. The fourth-order valence-electron chi connectivity index (χ4n) is 4.32. The number of carbonyl (C=O) groups is 1. The van der Waals surface area contributed by atoms with Crippen LogP contribution >= 0.6 is 0 Å². The second-order valence-electron chi connectivity index (χ2n) is 7.84. The van der Waals surface area contributed by atoms with Crippen molar-refractivity contribution < 1.29 is 4.79 Å². The first-order valence-electron chi connectivity index (χ1n) is 9.20. The summed E-state index contributed by atoms with van der Waals surface area (Å²) in [6.07, 6.45) is 10.1. The van der Waals surface area contributed by atoms with Gasteiger partial charge in [-0.25, -0.2) is 0 Å². The highest BCUT2D eigenvalue weighted by Gasteiger charge is 2.36. The molecule has 1 heterocycles. The molecule has 2 atom stereocenters. The predicted octanol–water partition coefficient (Wildman–Crippen LogP) is 3.19. The molecule has 0 spiro atoms. The molecule has 2 saturated carbocycles. The molecule has 3 nitrogen and oxygen atoms in total. The number of carbonyl (C=O) groups excluding carboxylic acids is 1. The normalized spacial score (nSPS) is 31.7. The van der Waals surface area contributed by atoms with Gasteiger partial charge < -0.3 is 10.2 Å². The van der Waals surface area contributed by atoms with Gasteiger partial charge in [-0.15, -0.1) is 0 Å². The van der Waals surface area contributed by atoms with Gasteiger partial charge in [0, 0.05) is 31.1 Å². The lowest BCUT2D eigenvalue weighted by molar-refractivity contribution is -0.133. The number of hydrogen-bond acceptors (Lipinski definition) is 2. The van der Waals surface area contributed by atoms with Crippen LogP contribution in [0.5, 0.6) is 0 Å². The zero-order valence-electron chi connectivity index (χ0n) is 13.8. The maximum atomic E-state index is 12.1. The van der Waals surface area contributed by atoms with Crippen molar-refractivity contribution in [2.24, 2.45) is 17.8 Å². The largest absolute Gasteiger partial charge is 0.342 e. The molecule has 120 valence electrons. The van der Waals surface area contributed by atoms with Crippen LogP contribution in [-0.2, 0) is 4.79 Å². The van der Waals surface area contributed by atoms with E-state index in [2.05, 4.69) is 24.1 Å². The first kappa shape index (κ1) is 15.3. The van der Waals surface area contributed by atoms with Gasteiger partial charge in [0.25, 0.3) is 0 Å². The number of nitrogens with one attached hydrogen (secondary N) is 1. The Labute approximate surface area is 129 Å². The quantitative estimate of drug-likeness (QED) is 0.863. The van der Waals surface area contributed by atoms with Crippen molar-refractivity contribution in [3.63, 3.8) is 0 Å². The van der Waals surface area contributed by atoms with Gasteiger partial charge in [-0.3, -0.25) is 4.79 Å². The summed E-state index contributed by atoms with van der Waals surface area (Å²) < 4.78 is 0. The van der Waals surface area contributed by atoms with Crippen molar-refractivity contribution in [3.8, 4) is 0 Å². The van der Waals surface area contributed by atoms with Gasteiger partial charge in [-0.05, 0) is 50.4 Å². The van der Waals surface area contributed by atoms with E-state index >= 15 is 0 Å². The number of rotatable bonds is 4. The fraction of sp³-hybridized carbons (Fsp3) is 0.944. The van der Waals surface area contributed by atoms with Gasteiger partial charge in [0.05, 0.1) is 0 Å². The summed E-state index contributed by atoms with van der Waals surface area (Å²) in [6.45, 7) is 6.71. The molecular formula is C18H32N2O. The highest BCUT2D eigenvalue weighted by atomic mass is 16.2. The highest BCUT2D eigenvalue weighted by molar-refractivity contribution is 5.81. The summed E-state index contributed by atoms with van der Waals surface area (Å²) in [7, 11) is 0. The number of hydrogen-bond donors (Lipinski definition) is 1. The molecule has 3 fully saturated rings. The molecular weight excluding hydrogens is 260 g/mol. The van der Waals surface area contributed by atoms with Gasteiger partial charge in [0.15, 0.2) is 0 Å². The lowest BCUT2D eigenvalue weighted by Gasteiger charge is -2.40. The van der Waals surface area contributed by atoms with Crippen LogP contribution in [0.4, 0.5) is 0 Å². The maximum absolute atomic E-state index is 12.1. The third-order valence-corrected chi connectivity index (χ3v) is 5.86. The summed E-state index contributed by atoms with van der Waals surface area (Å²) >= 11 is 0. The maximum Gasteiger partial charge on any atom is 0.225 e. The van der Waals surface area contributed by atoms with Crippen molar-refractivity contribution in [2.45, 2.75) is 77.3 Å². The monoisotopic (exact) mass is 292 g/mol. The second kappa shape index (κ2) is 6.68. The molecule has 3 aliphatic rings. The zero-order chi connectivity index (χ0) is 14.8. The minimum absolute atomic E-state index is 0.387. The van der Waals surface area contributed by atoms with E-state index < -0.39 is 0 Å². The smallest absolute Gasteiger partial charge is 0.225 e. The van der Waals surface area contributed by atoms with Crippen LogP contribution in [0, 0.1) is 17.8 Å². The summed E-state index contributed by atoms with van der Waals surface area (Å²) in [5, 5.41) is 3.96. The molecule has 21 heavy (non-hydrogen) atoms. The van der Waals surface area contributed by atoms with Gasteiger partial charge in [0.2, 0.25) is 5.91 Å². The lowest BCUT2D eigenvalue weighted by Crippen LogP contribution is -2.51. The summed E-state index contributed by atoms with van der Waals surface area (Å²) in [5.41, 5.74) is 0. The predicted molar refractivity (Wildman–Crippen MR) is 86.0 cm³/mol. The molecule has 0 aromatic rings. The molecule has 0 bridgehead atoms. The minimum atomic E-state index is 0.387. The number of piperidine rings is 1. The third-order valence-electron chi connectivity index (χ3n) is 5.86. The van der Waals surface area contributed by atoms with Crippen molar-refractivity contribution >= 4 is 5.91 Å². The van der Waals surface area contributed by atoms with E-state index in [4.69, 9.17) is 0 Å². The second-order valence-corrected chi connectivity index (χ2v) is 7.84. The fourth-order valence-corrected chi connectivity index (χ4v) is 4.32.